The molecule has 0 bridgehead atoms. The zero-order valence-electron chi connectivity index (χ0n) is 13.9. The Balaban J connectivity index is 2.23. The van der Waals surface area contributed by atoms with Gasteiger partial charge in [0.15, 0.2) is 0 Å². The normalized spacial score (nSPS) is 12.1. The van der Waals surface area contributed by atoms with Crippen LogP contribution in [0.2, 0.25) is 0 Å². The van der Waals surface area contributed by atoms with Crippen LogP contribution in [0.4, 0.5) is 18.9 Å². The van der Waals surface area contributed by atoms with Crippen LogP contribution in [0, 0.1) is 10.1 Å². The Morgan fingerprint density at radius 3 is 2.56 bits per heavy atom. The van der Waals surface area contributed by atoms with Crippen LogP contribution < -0.4 is 5.32 Å². The average Bonchev–Trinajstić information content (AvgIpc) is 2.52. The number of aromatic nitrogens is 1. The van der Waals surface area contributed by atoms with Crippen molar-refractivity contribution in [3.05, 3.63) is 45.6 Å². The number of hydrogen-bond acceptors (Lipinski definition) is 5. The number of halogens is 3. The largest absolute Gasteiger partial charge is 0.416 e. The van der Waals surface area contributed by atoms with Crippen molar-refractivity contribution in [2.75, 3.05) is 33.7 Å². The van der Waals surface area contributed by atoms with Crippen molar-refractivity contribution < 1.29 is 18.1 Å². The van der Waals surface area contributed by atoms with Gasteiger partial charge in [-0.1, -0.05) is 6.07 Å². The number of pyridine rings is 1. The number of likely N-dealkylation sites (N-methyl/N-ethyl adjacent to an activating group) is 1. The van der Waals surface area contributed by atoms with Crippen LogP contribution in [0.3, 0.4) is 0 Å². The second-order valence-corrected chi connectivity index (χ2v) is 5.93. The number of alkyl halides is 3. The van der Waals surface area contributed by atoms with Crippen molar-refractivity contribution in [3.8, 4) is 0 Å². The highest BCUT2D eigenvalue weighted by Gasteiger charge is 2.33. The molecule has 0 aliphatic rings. The molecule has 1 aromatic carbocycles. The van der Waals surface area contributed by atoms with E-state index in [0.29, 0.717) is 24.7 Å². The number of hydrogen-bond donors (Lipinski definition) is 1. The van der Waals surface area contributed by atoms with Gasteiger partial charge in [0, 0.05) is 43.2 Å². The van der Waals surface area contributed by atoms with Crippen molar-refractivity contribution >= 4 is 16.6 Å². The van der Waals surface area contributed by atoms with Gasteiger partial charge >= 0.3 is 6.18 Å². The molecule has 0 radical (unpaired) electrons. The van der Waals surface area contributed by atoms with Crippen LogP contribution in [0.15, 0.2) is 24.3 Å². The second-order valence-electron chi connectivity index (χ2n) is 5.93. The zero-order chi connectivity index (χ0) is 18.6. The van der Waals surface area contributed by atoms with Gasteiger partial charge < -0.3 is 10.2 Å². The highest BCUT2D eigenvalue weighted by Crippen LogP contribution is 2.35. The van der Waals surface area contributed by atoms with E-state index in [1.807, 2.05) is 19.0 Å². The lowest BCUT2D eigenvalue weighted by molar-refractivity contribution is -0.383. The first-order valence-corrected chi connectivity index (χ1v) is 7.69. The van der Waals surface area contributed by atoms with Crippen LogP contribution in [-0.4, -0.2) is 48.5 Å². The van der Waals surface area contributed by atoms with Crippen molar-refractivity contribution in [1.29, 1.82) is 0 Å². The molecule has 1 heterocycles. The Bertz CT molecular complexity index is 763. The molecule has 2 aromatic rings. The highest BCUT2D eigenvalue weighted by atomic mass is 19.4. The lowest BCUT2D eigenvalue weighted by Crippen LogP contribution is -2.28. The predicted molar refractivity (Wildman–Crippen MR) is 88.5 cm³/mol. The van der Waals surface area contributed by atoms with E-state index in [0.717, 1.165) is 19.2 Å². The van der Waals surface area contributed by atoms with E-state index in [4.69, 9.17) is 0 Å². The minimum absolute atomic E-state index is 0.0243. The van der Waals surface area contributed by atoms with Gasteiger partial charge in [-0.05, 0) is 26.2 Å². The number of non-ortho nitro benzene ring substituents is 1. The van der Waals surface area contributed by atoms with Gasteiger partial charge in [-0.3, -0.25) is 10.1 Å². The maximum absolute atomic E-state index is 12.9. The van der Waals surface area contributed by atoms with Gasteiger partial charge in [-0.25, -0.2) is 4.98 Å². The molecule has 0 fully saturated rings. The summed E-state index contributed by atoms with van der Waals surface area (Å²) < 4.78 is 38.6. The van der Waals surface area contributed by atoms with Crippen LogP contribution in [-0.2, 0) is 12.6 Å². The standard InChI is InChI=1S/C16H19F3N4O2/c1-22(2)8-7-20-6-5-13-4-3-11-9-12(16(17,18)19)10-14(23(24)25)15(11)21-13/h3-4,9-10,20H,5-8H2,1-2H3. The summed E-state index contributed by atoms with van der Waals surface area (Å²) in [6, 6.07) is 4.46. The molecule has 136 valence electrons. The average molecular weight is 356 g/mol. The molecule has 0 aliphatic carbocycles. The fourth-order valence-corrected chi connectivity index (χ4v) is 2.34. The molecule has 0 unspecified atom stereocenters. The number of nitro groups is 1. The molecule has 6 nitrogen and oxygen atoms in total. The summed E-state index contributed by atoms with van der Waals surface area (Å²) in [6.07, 6.45) is -4.12. The Morgan fingerprint density at radius 1 is 1.24 bits per heavy atom. The van der Waals surface area contributed by atoms with E-state index >= 15 is 0 Å². The Hall–Kier alpha value is -2.26. The van der Waals surface area contributed by atoms with Gasteiger partial charge in [0.1, 0.15) is 5.52 Å². The summed E-state index contributed by atoms with van der Waals surface area (Å²) in [7, 11) is 3.92. The fraction of sp³-hybridized carbons (Fsp3) is 0.438. The van der Waals surface area contributed by atoms with E-state index < -0.39 is 22.4 Å². The molecule has 0 amide bonds. The maximum atomic E-state index is 12.9. The summed E-state index contributed by atoms with van der Waals surface area (Å²) in [5.74, 6) is 0. The Kier molecular flexibility index (Phi) is 5.91. The molecule has 0 saturated carbocycles. The third-order valence-corrected chi connectivity index (χ3v) is 3.65. The highest BCUT2D eigenvalue weighted by molar-refractivity contribution is 5.88. The van der Waals surface area contributed by atoms with Crippen molar-refractivity contribution in [2.45, 2.75) is 12.6 Å². The van der Waals surface area contributed by atoms with E-state index in [2.05, 4.69) is 10.3 Å². The topological polar surface area (TPSA) is 71.3 Å². The van der Waals surface area contributed by atoms with Crippen LogP contribution in [0.1, 0.15) is 11.3 Å². The summed E-state index contributed by atoms with van der Waals surface area (Å²) in [4.78, 5) is 16.5. The van der Waals surface area contributed by atoms with Crippen molar-refractivity contribution in [2.24, 2.45) is 0 Å². The molecule has 2 rings (SSSR count). The SMILES string of the molecule is CN(C)CCNCCc1ccc2cc(C(F)(F)F)cc([N+](=O)[O-])c2n1. The van der Waals surface area contributed by atoms with E-state index in [9.17, 15) is 23.3 Å². The van der Waals surface area contributed by atoms with Crippen molar-refractivity contribution in [1.82, 2.24) is 15.2 Å². The minimum atomic E-state index is -4.64. The van der Waals surface area contributed by atoms with E-state index in [1.165, 1.54) is 6.07 Å². The van der Waals surface area contributed by atoms with Crippen molar-refractivity contribution in [3.63, 3.8) is 0 Å². The third kappa shape index (κ3) is 5.10. The summed E-state index contributed by atoms with van der Waals surface area (Å²) in [6.45, 7) is 2.29. The lowest BCUT2D eigenvalue weighted by atomic mass is 10.1. The zero-order valence-corrected chi connectivity index (χ0v) is 13.9. The number of nitro benzene ring substituents is 1. The lowest BCUT2D eigenvalue weighted by Gasteiger charge is -2.11. The first-order valence-electron chi connectivity index (χ1n) is 7.69. The van der Waals surface area contributed by atoms with Crippen LogP contribution >= 0.6 is 0 Å². The van der Waals surface area contributed by atoms with Gasteiger partial charge in [-0.2, -0.15) is 13.2 Å². The van der Waals surface area contributed by atoms with Gasteiger partial charge in [-0.15, -0.1) is 0 Å². The molecular formula is C16H19F3N4O2. The quantitative estimate of drug-likeness (QED) is 0.469. The van der Waals surface area contributed by atoms with Crippen LogP contribution in [0.25, 0.3) is 10.9 Å². The van der Waals surface area contributed by atoms with E-state index in [-0.39, 0.29) is 10.9 Å². The molecule has 0 saturated heterocycles. The number of rotatable bonds is 7. The molecule has 0 spiro atoms. The number of nitrogens with zero attached hydrogens (tertiary/aromatic N) is 3. The minimum Gasteiger partial charge on any atom is -0.315 e. The van der Waals surface area contributed by atoms with Gasteiger partial charge in [0.25, 0.3) is 5.69 Å². The molecule has 25 heavy (non-hydrogen) atoms. The maximum Gasteiger partial charge on any atom is 0.416 e. The molecule has 0 atom stereocenters. The predicted octanol–water partition coefficient (Wildman–Crippen LogP) is 2.86. The first-order chi connectivity index (χ1) is 11.7. The molecule has 9 heteroatoms. The molecule has 0 aliphatic heterocycles. The smallest absolute Gasteiger partial charge is 0.315 e. The molecular weight excluding hydrogens is 337 g/mol. The summed E-state index contributed by atoms with van der Waals surface area (Å²) >= 11 is 0. The summed E-state index contributed by atoms with van der Waals surface area (Å²) in [5.41, 5.74) is -1.12. The molecule has 1 N–H and O–H groups in total. The summed E-state index contributed by atoms with van der Waals surface area (Å²) in [5, 5.41) is 14.5. The van der Waals surface area contributed by atoms with E-state index in [1.54, 1.807) is 6.07 Å². The number of benzene rings is 1. The van der Waals surface area contributed by atoms with Gasteiger partial charge in [0.2, 0.25) is 0 Å². The fourth-order valence-electron chi connectivity index (χ4n) is 2.34. The Morgan fingerprint density at radius 2 is 1.96 bits per heavy atom. The molecule has 1 aromatic heterocycles. The van der Waals surface area contributed by atoms with Gasteiger partial charge in [0.05, 0.1) is 10.5 Å². The number of nitrogens with one attached hydrogen (secondary N) is 1. The first kappa shape index (κ1) is 19.1. The second kappa shape index (κ2) is 7.75. The number of fused-ring (bicyclic) bond motifs is 1. The van der Waals surface area contributed by atoms with Crippen LogP contribution in [0.5, 0.6) is 0 Å². The monoisotopic (exact) mass is 356 g/mol. The third-order valence-electron chi connectivity index (χ3n) is 3.65. The Labute approximate surface area is 142 Å².